The molecule has 2 nitrogen and oxygen atoms in total. The monoisotopic (exact) mass is 317 g/mol. The number of hydrogen-bond donors (Lipinski definition) is 0. The lowest BCUT2D eigenvalue weighted by Crippen LogP contribution is -1.74. The van der Waals surface area contributed by atoms with Gasteiger partial charge < -0.3 is 4.42 Å². The van der Waals surface area contributed by atoms with Gasteiger partial charge in [0.1, 0.15) is 11.3 Å². The van der Waals surface area contributed by atoms with Crippen molar-refractivity contribution in [3.8, 4) is 0 Å². The predicted octanol–water partition coefficient (Wildman–Crippen LogP) is 4.90. The van der Waals surface area contributed by atoms with Crippen molar-refractivity contribution in [2.75, 3.05) is 0 Å². The molecular weight excluding hydrogens is 309 g/mol. The molecule has 4 heteroatoms. The second kappa shape index (κ2) is 4.97. The molecule has 3 aromatic rings. The van der Waals surface area contributed by atoms with Crippen molar-refractivity contribution in [1.29, 1.82) is 0 Å². The van der Waals surface area contributed by atoms with Gasteiger partial charge in [-0.25, -0.2) is 9.37 Å². The molecular formula is C15H9BrFNO. The smallest absolute Gasteiger partial charge is 0.220 e. The minimum absolute atomic E-state index is 0.316. The van der Waals surface area contributed by atoms with E-state index in [1.54, 1.807) is 12.1 Å². The number of aromatic nitrogens is 1. The molecule has 0 aliphatic heterocycles. The Morgan fingerprint density at radius 1 is 1.11 bits per heavy atom. The molecule has 1 aromatic heterocycles. The third kappa shape index (κ3) is 2.74. The summed E-state index contributed by atoms with van der Waals surface area (Å²) in [5, 5.41) is 0. The number of fused-ring (bicyclic) bond motifs is 1. The summed E-state index contributed by atoms with van der Waals surface area (Å²) in [6.45, 7) is 0. The van der Waals surface area contributed by atoms with Crippen LogP contribution in [0.1, 0.15) is 11.5 Å². The van der Waals surface area contributed by atoms with E-state index in [1.807, 2.05) is 30.3 Å². The van der Waals surface area contributed by atoms with E-state index in [-0.39, 0.29) is 5.82 Å². The standard InChI is InChI=1S/C15H9BrFNO/c16-11-3-1-2-10(8-11)4-7-15-18-13-9-12(17)5-6-14(13)19-15/h1-9H/b7-4+. The highest BCUT2D eigenvalue weighted by Gasteiger charge is 2.03. The average molecular weight is 318 g/mol. The fourth-order valence-corrected chi connectivity index (χ4v) is 2.18. The Morgan fingerprint density at radius 2 is 2.00 bits per heavy atom. The Hall–Kier alpha value is -1.94. The van der Waals surface area contributed by atoms with Crippen molar-refractivity contribution >= 4 is 39.2 Å². The molecule has 0 spiro atoms. The first kappa shape index (κ1) is 12.1. The van der Waals surface area contributed by atoms with Crippen LogP contribution in [0.3, 0.4) is 0 Å². The predicted molar refractivity (Wildman–Crippen MR) is 77.0 cm³/mol. The number of oxazole rings is 1. The van der Waals surface area contributed by atoms with Crippen LogP contribution in [0.5, 0.6) is 0 Å². The molecule has 0 fully saturated rings. The topological polar surface area (TPSA) is 26.0 Å². The lowest BCUT2D eigenvalue weighted by Gasteiger charge is -1.92. The Kier molecular flexibility index (Phi) is 3.17. The number of rotatable bonds is 2. The van der Waals surface area contributed by atoms with Gasteiger partial charge in [-0.1, -0.05) is 28.1 Å². The molecule has 3 rings (SSSR count). The van der Waals surface area contributed by atoms with Crippen LogP contribution in [-0.2, 0) is 0 Å². The zero-order chi connectivity index (χ0) is 13.2. The summed E-state index contributed by atoms with van der Waals surface area (Å²) in [5.74, 6) is 0.142. The molecule has 0 radical (unpaired) electrons. The third-order valence-corrected chi connectivity index (χ3v) is 3.13. The number of halogens is 2. The molecule has 94 valence electrons. The van der Waals surface area contributed by atoms with Gasteiger partial charge in [0.25, 0.3) is 0 Å². The highest BCUT2D eigenvalue weighted by molar-refractivity contribution is 9.10. The molecule has 0 N–H and O–H groups in total. The van der Waals surface area contributed by atoms with E-state index in [2.05, 4.69) is 20.9 Å². The van der Waals surface area contributed by atoms with Gasteiger partial charge in [-0.15, -0.1) is 0 Å². The van der Waals surface area contributed by atoms with Gasteiger partial charge >= 0.3 is 0 Å². The van der Waals surface area contributed by atoms with Crippen molar-refractivity contribution in [2.24, 2.45) is 0 Å². The number of hydrogen-bond acceptors (Lipinski definition) is 2. The molecule has 19 heavy (non-hydrogen) atoms. The fourth-order valence-electron chi connectivity index (χ4n) is 1.77. The minimum Gasteiger partial charge on any atom is -0.437 e. The van der Waals surface area contributed by atoms with Crippen LogP contribution in [0.15, 0.2) is 51.4 Å². The lowest BCUT2D eigenvalue weighted by molar-refractivity contribution is 0.588. The molecule has 0 aliphatic carbocycles. The average Bonchev–Trinajstić information content (AvgIpc) is 2.78. The minimum atomic E-state index is -0.316. The van der Waals surface area contributed by atoms with Crippen molar-refractivity contribution in [3.05, 3.63) is 64.2 Å². The summed E-state index contributed by atoms with van der Waals surface area (Å²) in [4.78, 5) is 4.21. The first-order valence-corrected chi connectivity index (χ1v) is 6.50. The van der Waals surface area contributed by atoms with Gasteiger partial charge in [-0.2, -0.15) is 0 Å². The normalized spacial score (nSPS) is 11.5. The molecule has 2 aromatic carbocycles. The Bertz CT molecular complexity index is 764. The van der Waals surface area contributed by atoms with E-state index in [0.717, 1.165) is 10.0 Å². The number of benzene rings is 2. The van der Waals surface area contributed by atoms with Crippen molar-refractivity contribution in [1.82, 2.24) is 4.98 Å². The van der Waals surface area contributed by atoms with Gasteiger partial charge in [0, 0.05) is 16.6 Å². The zero-order valence-corrected chi connectivity index (χ0v) is 11.4. The molecule has 0 saturated heterocycles. The molecule has 0 atom stereocenters. The van der Waals surface area contributed by atoms with Crippen LogP contribution in [0.25, 0.3) is 23.3 Å². The Balaban J connectivity index is 1.92. The fraction of sp³-hybridized carbons (Fsp3) is 0. The second-order valence-corrected chi connectivity index (χ2v) is 4.97. The van der Waals surface area contributed by atoms with Gasteiger partial charge in [-0.3, -0.25) is 0 Å². The van der Waals surface area contributed by atoms with Gasteiger partial charge in [0.05, 0.1) is 0 Å². The quantitative estimate of drug-likeness (QED) is 0.672. The van der Waals surface area contributed by atoms with E-state index >= 15 is 0 Å². The summed E-state index contributed by atoms with van der Waals surface area (Å²) in [6, 6.07) is 12.2. The Morgan fingerprint density at radius 3 is 2.84 bits per heavy atom. The van der Waals surface area contributed by atoms with Gasteiger partial charge in [-0.05, 0) is 35.9 Å². The largest absolute Gasteiger partial charge is 0.437 e. The first-order valence-electron chi connectivity index (χ1n) is 5.70. The molecule has 0 amide bonds. The van der Waals surface area contributed by atoms with Crippen LogP contribution < -0.4 is 0 Å². The number of nitrogens with zero attached hydrogens (tertiary/aromatic N) is 1. The summed E-state index contributed by atoms with van der Waals surface area (Å²) in [7, 11) is 0. The SMILES string of the molecule is Fc1ccc2oc(/C=C/c3cccc(Br)c3)nc2c1. The molecule has 0 saturated carbocycles. The highest BCUT2D eigenvalue weighted by atomic mass is 79.9. The van der Waals surface area contributed by atoms with Crippen molar-refractivity contribution in [3.63, 3.8) is 0 Å². The lowest BCUT2D eigenvalue weighted by atomic mass is 10.2. The first-order chi connectivity index (χ1) is 9.20. The summed E-state index contributed by atoms with van der Waals surface area (Å²) in [6.07, 6.45) is 3.66. The van der Waals surface area contributed by atoms with Gasteiger partial charge in [0.2, 0.25) is 5.89 Å². The maximum atomic E-state index is 13.0. The van der Waals surface area contributed by atoms with Crippen LogP contribution >= 0.6 is 15.9 Å². The second-order valence-electron chi connectivity index (χ2n) is 4.05. The molecule has 0 bridgehead atoms. The van der Waals surface area contributed by atoms with Gasteiger partial charge in [0.15, 0.2) is 5.58 Å². The van der Waals surface area contributed by atoms with E-state index < -0.39 is 0 Å². The van der Waals surface area contributed by atoms with E-state index in [9.17, 15) is 4.39 Å². The summed E-state index contributed by atoms with van der Waals surface area (Å²) < 4.78 is 19.5. The zero-order valence-electron chi connectivity index (χ0n) is 9.81. The molecule has 0 aliphatic rings. The molecule has 0 unspecified atom stereocenters. The maximum Gasteiger partial charge on any atom is 0.220 e. The van der Waals surface area contributed by atoms with Crippen molar-refractivity contribution < 1.29 is 8.81 Å². The van der Waals surface area contributed by atoms with Crippen LogP contribution in [0.2, 0.25) is 0 Å². The Labute approximate surface area is 117 Å². The maximum absolute atomic E-state index is 13.0. The van der Waals surface area contributed by atoms with E-state index in [1.165, 1.54) is 12.1 Å². The van der Waals surface area contributed by atoms with Crippen LogP contribution in [0, 0.1) is 5.82 Å². The van der Waals surface area contributed by atoms with Crippen LogP contribution in [0.4, 0.5) is 4.39 Å². The summed E-state index contributed by atoms with van der Waals surface area (Å²) >= 11 is 3.41. The van der Waals surface area contributed by atoms with Crippen molar-refractivity contribution in [2.45, 2.75) is 0 Å². The molecule has 1 heterocycles. The van der Waals surface area contributed by atoms with Crippen LogP contribution in [-0.4, -0.2) is 4.98 Å². The third-order valence-electron chi connectivity index (χ3n) is 2.63. The highest BCUT2D eigenvalue weighted by Crippen LogP contribution is 2.19. The van der Waals surface area contributed by atoms with E-state index in [0.29, 0.717) is 17.0 Å². The summed E-state index contributed by atoms with van der Waals surface area (Å²) in [5.41, 5.74) is 2.13. The van der Waals surface area contributed by atoms with E-state index in [4.69, 9.17) is 4.42 Å².